The van der Waals surface area contributed by atoms with E-state index < -0.39 is 5.97 Å². The molecule has 0 fully saturated rings. The van der Waals surface area contributed by atoms with Gasteiger partial charge < -0.3 is 14.6 Å². The summed E-state index contributed by atoms with van der Waals surface area (Å²) in [5.41, 5.74) is -0.0232. The van der Waals surface area contributed by atoms with Crippen LogP contribution in [0.25, 0.3) is 0 Å². The maximum absolute atomic E-state index is 11.3. The maximum Gasteiger partial charge on any atom is 0.339 e. The van der Waals surface area contributed by atoms with E-state index >= 15 is 0 Å². The first-order valence-corrected chi connectivity index (χ1v) is 7.48. The molecule has 2 rings (SSSR count). The Kier molecular flexibility index (Phi) is 4.91. The van der Waals surface area contributed by atoms with Crippen LogP contribution in [-0.4, -0.2) is 18.2 Å². The number of carbonyl (C=O) groups is 1. The zero-order valence-corrected chi connectivity index (χ0v) is 13.5. The van der Waals surface area contributed by atoms with Gasteiger partial charge in [-0.15, -0.1) is 11.3 Å². The number of aromatic carboxylic acids is 1. The van der Waals surface area contributed by atoms with Crippen molar-refractivity contribution in [1.82, 2.24) is 0 Å². The van der Waals surface area contributed by atoms with E-state index in [1.807, 2.05) is 12.1 Å². The maximum atomic E-state index is 11.3. The van der Waals surface area contributed by atoms with E-state index in [1.54, 1.807) is 0 Å². The molecule has 20 heavy (non-hydrogen) atoms. The van der Waals surface area contributed by atoms with Gasteiger partial charge in [-0.25, -0.2) is 4.79 Å². The quantitative estimate of drug-likeness (QED) is 0.836. The number of benzene rings is 1. The van der Waals surface area contributed by atoms with Crippen LogP contribution in [0.15, 0.2) is 28.1 Å². The van der Waals surface area contributed by atoms with Gasteiger partial charge in [-0.2, -0.15) is 0 Å². The second-order valence-electron chi connectivity index (χ2n) is 3.78. The van der Waals surface area contributed by atoms with E-state index in [-0.39, 0.29) is 22.9 Å². The zero-order chi connectivity index (χ0) is 14.7. The molecule has 0 atom stereocenters. The van der Waals surface area contributed by atoms with Crippen LogP contribution in [0.5, 0.6) is 11.5 Å². The number of hydrogen-bond donors (Lipinski definition) is 1. The van der Waals surface area contributed by atoms with Crippen molar-refractivity contribution in [3.8, 4) is 11.5 Å². The number of hydrogen-bond acceptors (Lipinski definition) is 4. The number of halogens is 2. The summed E-state index contributed by atoms with van der Waals surface area (Å²) in [7, 11) is 1.44. The van der Waals surface area contributed by atoms with Crippen LogP contribution in [0.4, 0.5) is 0 Å². The van der Waals surface area contributed by atoms with Crippen LogP contribution >= 0.6 is 38.9 Å². The van der Waals surface area contributed by atoms with Gasteiger partial charge in [-0.1, -0.05) is 11.6 Å². The lowest BCUT2D eigenvalue weighted by molar-refractivity contribution is 0.0691. The second-order valence-corrected chi connectivity index (χ2v) is 6.77. The number of carboxylic acid groups (broad SMARTS) is 1. The predicted octanol–water partition coefficient (Wildman–Crippen LogP) is 4.45. The predicted molar refractivity (Wildman–Crippen MR) is 81.3 cm³/mol. The summed E-state index contributed by atoms with van der Waals surface area (Å²) in [6, 6.07) is 6.66. The summed E-state index contributed by atoms with van der Waals surface area (Å²) in [5.74, 6) is -0.646. The summed E-state index contributed by atoms with van der Waals surface area (Å²) in [6.45, 7) is 0.258. The van der Waals surface area contributed by atoms with Crippen LogP contribution in [0, 0.1) is 0 Å². The molecule has 1 N–H and O–H groups in total. The van der Waals surface area contributed by atoms with E-state index in [0.717, 1.165) is 8.66 Å². The molecule has 0 aliphatic rings. The number of thiophene rings is 1. The van der Waals surface area contributed by atoms with Gasteiger partial charge in [-0.3, -0.25) is 0 Å². The van der Waals surface area contributed by atoms with Gasteiger partial charge >= 0.3 is 5.97 Å². The first-order valence-electron chi connectivity index (χ1n) is 5.49. The largest absolute Gasteiger partial charge is 0.493 e. The zero-order valence-electron chi connectivity index (χ0n) is 10.4. The molecule has 4 nitrogen and oxygen atoms in total. The molecule has 1 heterocycles. The molecule has 1 aromatic heterocycles. The van der Waals surface area contributed by atoms with E-state index in [0.29, 0.717) is 5.75 Å². The van der Waals surface area contributed by atoms with Gasteiger partial charge in [0.1, 0.15) is 12.2 Å². The first-order chi connectivity index (χ1) is 9.51. The lowest BCUT2D eigenvalue weighted by Crippen LogP contribution is -2.05. The molecule has 0 saturated carbocycles. The third-order valence-electron chi connectivity index (χ3n) is 2.46. The molecule has 106 valence electrons. The Hall–Kier alpha value is -1.24. The van der Waals surface area contributed by atoms with Crippen LogP contribution in [0.2, 0.25) is 5.02 Å². The lowest BCUT2D eigenvalue weighted by Gasteiger charge is -2.13. The number of methoxy groups -OCH3 is 1. The fourth-order valence-electron chi connectivity index (χ4n) is 1.60. The molecular weight excluding hydrogens is 368 g/mol. The molecule has 0 amide bonds. The minimum absolute atomic E-state index is 0.0232. The first kappa shape index (κ1) is 15.2. The van der Waals surface area contributed by atoms with Gasteiger partial charge in [0.25, 0.3) is 0 Å². The van der Waals surface area contributed by atoms with Crippen molar-refractivity contribution in [3.05, 3.63) is 43.5 Å². The second kappa shape index (κ2) is 6.47. The fraction of sp³-hybridized carbons (Fsp3) is 0.154. The number of rotatable bonds is 5. The summed E-state index contributed by atoms with van der Waals surface area (Å²) in [4.78, 5) is 12.2. The van der Waals surface area contributed by atoms with Gasteiger partial charge in [-0.05, 0) is 34.1 Å². The topological polar surface area (TPSA) is 55.8 Å². The van der Waals surface area contributed by atoms with Crippen molar-refractivity contribution in [2.75, 3.05) is 7.11 Å². The minimum Gasteiger partial charge on any atom is -0.493 e. The SMILES string of the molecule is COc1cc(Cl)cc(C(=O)O)c1OCc1ccc(Br)s1. The summed E-state index contributed by atoms with van der Waals surface area (Å²) >= 11 is 10.7. The third kappa shape index (κ3) is 3.45. The standard InChI is InChI=1S/C13H10BrClO4S/c1-18-10-5-7(15)4-9(13(16)17)12(10)19-6-8-2-3-11(14)20-8/h2-5H,6H2,1H3,(H,16,17). The average Bonchev–Trinajstić information content (AvgIpc) is 2.81. The lowest BCUT2D eigenvalue weighted by atomic mass is 10.2. The van der Waals surface area contributed by atoms with Gasteiger partial charge in [0.05, 0.1) is 10.9 Å². The van der Waals surface area contributed by atoms with Gasteiger partial charge in [0.2, 0.25) is 0 Å². The number of ether oxygens (including phenoxy) is 2. The van der Waals surface area contributed by atoms with Crippen LogP contribution in [-0.2, 0) is 6.61 Å². The molecule has 7 heteroatoms. The summed E-state index contributed by atoms with van der Waals surface area (Å²) in [5, 5.41) is 9.50. The number of carboxylic acids is 1. The van der Waals surface area contributed by atoms with Crippen LogP contribution in [0.3, 0.4) is 0 Å². The van der Waals surface area contributed by atoms with Crippen LogP contribution < -0.4 is 9.47 Å². The van der Waals surface area contributed by atoms with Crippen LogP contribution in [0.1, 0.15) is 15.2 Å². The highest BCUT2D eigenvalue weighted by Crippen LogP contribution is 2.36. The van der Waals surface area contributed by atoms with E-state index in [2.05, 4.69) is 15.9 Å². The van der Waals surface area contributed by atoms with Crippen molar-refractivity contribution in [1.29, 1.82) is 0 Å². The monoisotopic (exact) mass is 376 g/mol. The van der Waals surface area contributed by atoms with Gasteiger partial charge in [0, 0.05) is 16.0 Å². The minimum atomic E-state index is -1.12. The smallest absolute Gasteiger partial charge is 0.339 e. The van der Waals surface area contributed by atoms with Crippen molar-refractivity contribution in [2.24, 2.45) is 0 Å². The van der Waals surface area contributed by atoms with Crippen molar-refractivity contribution < 1.29 is 19.4 Å². The average molecular weight is 378 g/mol. The Morgan fingerprint density at radius 3 is 2.75 bits per heavy atom. The Balaban J connectivity index is 2.31. The highest BCUT2D eigenvalue weighted by Gasteiger charge is 2.18. The molecule has 0 unspecified atom stereocenters. The molecule has 0 aliphatic heterocycles. The molecular formula is C13H10BrClO4S. The molecule has 0 aliphatic carbocycles. The fourth-order valence-corrected chi connectivity index (χ4v) is 3.21. The Bertz CT molecular complexity index is 641. The molecule has 2 aromatic rings. The van der Waals surface area contributed by atoms with Crippen molar-refractivity contribution >= 4 is 44.8 Å². The molecule has 0 spiro atoms. The molecule has 0 saturated heterocycles. The Labute approximate surface area is 133 Å². The summed E-state index contributed by atoms with van der Waals surface area (Å²) in [6.07, 6.45) is 0. The van der Waals surface area contributed by atoms with E-state index in [9.17, 15) is 9.90 Å². The summed E-state index contributed by atoms with van der Waals surface area (Å²) < 4.78 is 11.7. The molecule has 1 aromatic carbocycles. The normalized spacial score (nSPS) is 10.3. The van der Waals surface area contributed by atoms with E-state index in [1.165, 1.54) is 30.6 Å². The third-order valence-corrected chi connectivity index (χ3v) is 4.27. The van der Waals surface area contributed by atoms with Crippen molar-refractivity contribution in [3.63, 3.8) is 0 Å². The Morgan fingerprint density at radius 1 is 1.45 bits per heavy atom. The Morgan fingerprint density at radius 2 is 2.20 bits per heavy atom. The molecule has 0 bridgehead atoms. The molecule has 0 radical (unpaired) electrons. The van der Waals surface area contributed by atoms with Gasteiger partial charge in [0.15, 0.2) is 11.5 Å². The van der Waals surface area contributed by atoms with Crippen molar-refractivity contribution in [2.45, 2.75) is 6.61 Å². The highest BCUT2D eigenvalue weighted by molar-refractivity contribution is 9.11. The highest BCUT2D eigenvalue weighted by atomic mass is 79.9. The van der Waals surface area contributed by atoms with E-state index in [4.69, 9.17) is 21.1 Å².